The predicted molar refractivity (Wildman–Crippen MR) is 76.0 cm³/mol. The van der Waals surface area contributed by atoms with Gasteiger partial charge in [-0.05, 0) is 29.0 Å². The number of nitrogens with one attached hydrogen (secondary N) is 1. The Balaban J connectivity index is 2.49. The fourth-order valence-electron chi connectivity index (χ4n) is 2.30. The lowest BCUT2D eigenvalue weighted by Gasteiger charge is -1.98. The minimum atomic E-state index is 1.03. The third-order valence-corrected chi connectivity index (χ3v) is 3.14. The molecular weight excluding hydrogens is 206 g/mol. The van der Waals surface area contributed by atoms with Crippen LogP contribution >= 0.6 is 0 Å². The number of fused-ring (bicyclic) bond motifs is 2. The van der Waals surface area contributed by atoms with E-state index in [-0.39, 0.29) is 0 Å². The van der Waals surface area contributed by atoms with Crippen LogP contribution in [-0.2, 0) is 0 Å². The molecule has 2 aromatic carbocycles. The first kappa shape index (κ1) is 9.91. The first-order valence-electron chi connectivity index (χ1n) is 5.63. The van der Waals surface area contributed by atoms with Gasteiger partial charge in [0.15, 0.2) is 0 Å². The molecule has 0 atom stereocenters. The van der Waals surface area contributed by atoms with Crippen molar-refractivity contribution in [2.24, 2.45) is 0 Å². The van der Waals surface area contributed by atoms with Gasteiger partial charge in [-0.2, -0.15) is 0 Å². The second-order valence-electron chi connectivity index (χ2n) is 4.11. The molecule has 0 aliphatic heterocycles. The zero-order valence-electron chi connectivity index (χ0n) is 9.53. The van der Waals surface area contributed by atoms with Gasteiger partial charge in [-0.3, -0.25) is 0 Å². The molecule has 3 rings (SSSR count). The maximum absolute atomic E-state index is 3.87. The highest BCUT2D eigenvalue weighted by molar-refractivity contribution is 6.02. The molecule has 82 valence electrons. The molecule has 3 aromatic rings. The second-order valence-corrected chi connectivity index (χ2v) is 4.11. The van der Waals surface area contributed by atoms with Gasteiger partial charge < -0.3 is 4.98 Å². The van der Waals surface area contributed by atoms with Crippen molar-refractivity contribution in [2.45, 2.75) is 0 Å². The fraction of sp³-hybridized carbons (Fsp3) is 0. The predicted octanol–water partition coefficient (Wildman–Crippen LogP) is 4.61. The summed E-state index contributed by atoms with van der Waals surface area (Å²) in [5.74, 6) is 0. The lowest BCUT2D eigenvalue weighted by Crippen LogP contribution is -1.74. The molecule has 0 aliphatic carbocycles. The lowest BCUT2D eigenvalue weighted by atomic mass is 10.1. The molecular formula is C16H13N. The Labute approximate surface area is 100 Å². The van der Waals surface area contributed by atoms with E-state index in [1.54, 1.807) is 0 Å². The van der Waals surface area contributed by atoms with Crippen molar-refractivity contribution in [1.82, 2.24) is 4.98 Å². The number of H-pyrrole nitrogens is 1. The molecule has 0 spiro atoms. The van der Waals surface area contributed by atoms with Crippen molar-refractivity contribution >= 4 is 33.8 Å². The second kappa shape index (κ2) is 3.63. The van der Waals surface area contributed by atoms with Crippen LogP contribution in [0.15, 0.2) is 49.6 Å². The van der Waals surface area contributed by atoms with Gasteiger partial charge in [-0.15, -0.1) is 0 Å². The van der Waals surface area contributed by atoms with Gasteiger partial charge in [0, 0.05) is 22.2 Å². The number of hydrogen-bond donors (Lipinski definition) is 1. The Hall–Kier alpha value is -2.28. The van der Waals surface area contributed by atoms with Crippen LogP contribution < -0.4 is 0 Å². The van der Waals surface area contributed by atoms with Crippen LogP contribution in [0.1, 0.15) is 11.3 Å². The van der Waals surface area contributed by atoms with Crippen molar-refractivity contribution in [1.29, 1.82) is 0 Å². The van der Waals surface area contributed by atoms with Gasteiger partial charge in [-0.1, -0.05) is 43.5 Å². The number of hydrogen-bond acceptors (Lipinski definition) is 0. The van der Waals surface area contributed by atoms with Gasteiger partial charge in [0.2, 0.25) is 0 Å². The molecule has 17 heavy (non-hydrogen) atoms. The van der Waals surface area contributed by atoms with Crippen LogP contribution in [0.5, 0.6) is 0 Å². The van der Waals surface area contributed by atoms with Crippen molar-refractivity contribution in [2.75, 3.05) is 0 Å². The SMILES string of the molecule is C=Cc1[nH]c2cc3ccccc3cc2c1C=C. The molecule has 0 saturated heterocycles. The Morgan fingerprint density at radius 3 is 2.29 bits per heavy atom. The summed E-state index contributed by atoms with van der Waals surface area (Å²) in [7, 11) is 0. The summed E-state index contributed by atoms with van der Waals surface area (Å²) in [5.41, 5.74) is 3.29. The van der Waals surface area contributed by atoms with Crippen LogP contribution in [-0.4, -0.2) is 4.98 Å². The van der Waals surface area contributed by atoms with E-state index in [0.29, 0.717) is 0 Å². The standard InChI is InChI=1S/C16H13N/c1-3-13-14-9-11-7-5-6-8-12(11)10-16(14)17-15(13)4-2/h3-10,17H,1-2H2. The summed E-state index contributed by atoms with van der Waals surface area (Å²) in [6.07, 6.45) is 3.71. The number of aromatic amines is 1. The first-order valence-corrected chi connectivity index (χ1v) is 5.63. The average Bonchev–Trinajstić information content (AvgIpc) is 2.72. The maximum atomic E-state index is 3.87. The first-order chi connectivity index (χ1) is 8.33. The topological polar surface area (TPSA) is 15.8 Å². The summed E-state index contributed by atoms with van der Waals surface area (Å²) in [4.78, 5) is 3.37. The van der Waals surface area contributed by atoms with E-state index in [0.717, 1.165) is 16.8 Å². The van der Waals surface area contributed by atoms with Gasteiger partial charge >= 0.3 is 0 Å². The monoisotopic (exact) mass is 219 g/mol. The molecule has 0 saturated carbocycles. The van der Waals surface area contributed by atoms with Crippen molar-refractivity contribution < 1.29 is 0 Å². The van der Waals surface area contributed by atoms with E-state index in [2.05, 4.69) is 54.5 Å². The molecule has 0 bridgehead atoms. The average molecular weight is 219 g/mol. The highest BCUT2D eigenvalue weighted by Gasteiger charge is 2.07. The highest BCUT2D eigenvalue weighted by atomic mass is 14.7. The summed E-state index contributed by atoms with van der Waals surface area (Å²) < 4.78 is 0. The normalized spacial score (nSPS) is 10.8. The van der Waals surface area contributed by atoms with E-state index < -0.39 is 0 Å². The smallest absolute Gasteiger partial charge is 0.0471 e. The Morgan fingerprint density at radius 2 is 1.65 bits per heavy atom. The van der Waals surface area contributed by atoms with Crippen LogP contribution in [0.25, 0.3) is 33.8 Å². The van der Waals surface area contributed by atoms with Gasteiger partial charge in [0.1, 0.15) is 0 Å². The van der Waals surface area contributed by atoms with Crippen LogP contribution in [0, 0.1) is 0 Å². The maximum Gasteiger partial charge on any atom is 0.0471 e. The Bertz CT molecular complexity index is 732. The molecule has 1 N–H and O–H groups in total. The molecule has 0 amide bonds. The largest absolute Gasteiger partial charge is 0.355 e. The van der Waals surface area contributed by atoms with Gasteiger partial charge in [-0.25, -0.2) is 0 Å². The van der Waals surface area contributed by atoms with E-state index >= 15 is 0 Å². The minimum absolute atomic E-state index is 1.03. The zero-order valence-corrected chi connectivity index (χ0v) is 9.53. The molecule has 0 aliphatic rings. The number of rotatable bonds is 2. The van der Waals surface area contributed by atoms with Crippen molar-refractivity contribution in [3.63, 3.8) is 0 Å². The Kier molecular flexibility index (Phi) is 2.12. The van der Waals surface area contributed by atoms with Crippen molar-refractivity contribution in [3.8, 4) is 0 Å². The molecule has 1 heterocycles. The summed E-state index contributed by atoms with van der Waals surface area (Å²) in [5, 5.41) is 3.69. The minimum Gasteiger partial charge on any atom is -0.355 e. The molecule has 0 radical (unpaired) electrons. The van der Waals surface area contributed by atoms with Gasteiger partial charge in [0.05, 0.1) is 0 Å². The van der Waals surface area contributed by atoms with E-state index in [9.17, 15) is 0 Å². The highest BCUT2D eigenvalue weighted by Crippen LogP contribution is 2.28. The summed E-state index contributed by atoms with van der Waals surface area (Å²) in [6.45, 7) is 7.70. The van der Waals surface area contributed by atoms with Crippen molar-refractivity contribution in [3.05, 3.63) is 60.8 Å². The van der Waals surface area contributed by atoms with E-state index in [4.69, 9.17) is 0 Å². The molecule has 1 aromatic heterocycles. The number of aromatic nitrogens is 1. The lowest BCUT2D eigenvalue weighted by molar-refractivity contribution is 1.43. The van der Waals surface area contributed by atoms with E-state index in [1.165, 1.54) is 16.2 Å². The zero-order chi connectivity index (χ0) is 11.8. The molecule has 1 heteroatoms. The van der Waals surface area contributed by atoms with Gasteiger partial charge in [0.25, 0.3) is 0 Å². The molecule has 0 unspecified atom stereocenters. The van der Waals surface area contributed by atoms with Crippen LogP contribution in [0.3, 0.4) is 0 Å². The summed E-state index contributed by atoms with van der Waals surface area (Å²) >= 11 is 0. The fourth-order valence-corrected chi connectivity index (χ4v) is 2.30. The third kappa shape index (κ3) is 1.40. The Morgan fingerprint density at radius 1 is 0.941 bits per heavy atom. The molecule has 1 nitrogen and oxygen atoms in total. The third-order valence-electron chi connectivity index (χ3n) is 3.14. The van der Waals surface area contributed by atoms with Crippen LogP contribution in [0.2, 0.25) is 0 Å². The van der Waals surface area contributed by atoms with Crippen LogP contribution in [0.4, 0.5) is 0 Å². The molecule has 0 fully saturated rings. The summed E-state index contributed by atoms with van der Waals surface area (Å²) in [6, 6.07) is 12.7. The quantitative estimate of drug-likeness (QED) is 0.648. The van der Waals surface area contributed by atoms with E-state index in [1.807, 2.05) is 12.2 Å². The number of benzene rings is 2.